The molecule has 11 N–H and O–H groups in total. The van der Waals surface area contributed by atoms with Crippen molar-refractivity contribution < 1.29 is 88.9 Å². The number of halogens is 9. The summed E-state index contributed by atoms with van der Waals surface area (Å²) in [5, 5.41) is 56.3. The van der Waals surface area contributed by atoms with Crippen molar-refractivity contribution in [2.45, 2.75) is 79.9 Å². The van der Waals surface area contributed by atoms with Gasteiger partial charge in [-0.25, -0.2) is 8.78 Å². The summed E-state index contributed by atoms with van der Waals surface area (Å²) < 4.78 is 53.6. The predicted molar refractivity (Wildman–Crippen MR) is 492 cm³/mol. The maximum Gasteiger partial charge on any atom is 0.260 e. The average Bonchev–Trinajstić information content (AvgIpc) is 0.761. The molecule has 0 spiro atoms. The van der Waals surface area contributed by atoms with Gasteiger partial charge in [0.15, 0.2) is 46.8 Å². The predicted octanol–water partition coefficient (Wildman–Crippen LogP) is 16.6. The monoisotopic (exact) mass is 2030 g/mol. The number of para-hydroxylation sites is 2. The Morgan fingerprint density at radius 1 is 0.358 bits per heavy atom. The first-order valence-corrected chi connectivity index (χ1v) is 42.2. The van der Waals surface area contributed by atoms with Crippen LogP contribution in [0.3, 0.4) is 0 Å². The Labute approximate surface area is 764 Å². The fourth-order valence-corrected chi connectivity index (χ4v) is 17.3. The number of aliphatic hydroxyl groups is 5. The number of hydrogen-bond donors (Lipinski definition) is 5. The van der Waals surface area contributed by atoms with Crippen LogP contribution in [0.1, 0.15) is 73.7 Å². The zero-order chi connectivity index (χ0) is 86.0. The minimum Gasteiger partial charge on any atom is -0.412 e. The van der Waals surface area contributed by atoms with Crippen molar-refractivity contribution in [1.82, 2.24) is 0 Å². The molecule has 8 unspecified atom stereocenters. The van der Waals surface area contributed by atoms with Crippen LogP contribution in [0.25, 0.3) is 0 Å². The van der Waals surface area contributed by atoms with E-state index in [1.807, 2.05) is 133 Å². The van der Waals surface area contributed by atoms with Crippen molar-refractivity contribution in [3.63, 3.8) is 0 Å². The molecule has 20 nitrogen and oxygen atoms in total. The van der Waals surface area contributed by atoms with Gasteiger partial charge < -0.3 is 80.5 Å². The molecule has 12 aromatic carbocycles. The van der Waals surface area contributed by atoms with E-state index in [9.17, 15) is 48.4 Å². The average molecular weight is 2040 g/mol. The molecule has 4 amide bonds. The minimum absolute atomic E-state index is 0. The van der Waals surface area contributed by atoms with Crippen LogP contribution in [0.4, 0.5) is 31.5 Å². The molecule has 0 aromatic heterocycles. The van der Waals surface area contributed by atoms with Crippen LogP contribution < -0.4 is 19.6 Å². The van der Waals surface area contributed by atoms with Gasteiger partial charge in [-0.3, -0.25) is 19.2 Å². The highest BCUT2D eigenvalue weighted by atomic mass is 127. The molecular weight excluding hydrogens is 1950 g/mol. The number of anilines is 4. The van der Waals surface area contributed by atoms with Gasteiger partial charge in [0.05, 0.1) is 48.9 Å². The number of fused-ring (bicyclic) bond motifs is 4. The Hall–Kier alpha value is -9.06. The Bertz CT molecular complexity index is 5660. The van der Waals surface area contributed by atoms with Crippen LogP contribution >= 0.6 is 105 Å². The van der Waals surface area contributed by atoms with Crippen LogP contribution in [0, 0.1) is 15.2 Å². The molecule has 29 heteroatoms. The molecule has 4 aliphatic rings. The summed E-state index contributed by atoms with van der Waals surface area (Å²) in [7, 11) is 5.64. The number of amides is 4. The molecule has 123 heavy (non-hydrogen) atoms. The molecule has 0 saturated heterocycles. The van der Waals surface area contributed by atoms with E-state index in [1.54, 1.807) is 143 Å². The van der Waals surface area contributed by atoms with Gasteiger partial charge in [0, 0.05) is 94.9 Å². The van der Waals surface area contributed by atoms with Crippen molar-refractivity contribution >= 4 is 152 Å². The van der Waals surface area contributed by atoms with Crippen LogP contribution in [0.5, 0.6) is 0 Å². The highest BCUT2D eigenvalue weighted by Gasteiger charge is 2.57. The molecule has 8 atom stereocenters. The van der Waals surface area contributed by atoms with Crippen LogP contribution in [0.2, 0.25) is 15.1 Å². The minimum atomic E-state index is -1.75. The van der Waals surface area contributed by atoms with E-state index in [4.69, 9.17) is 58.9 Å². The van der Waals surface area contributed by atoms with E-state index in [1.165, 1.54) is 63.7 Å². The lowest BCUT2D eigenvalue weighted by atomic mass is 9.77. The molecule has 12 aromatic rings. The van der Waals surface area contributed by atoms with E-state index in [0.29, 0.717) is 112 Å². The third kappa shape index (κ3) is 20.1. The first-order chi connectivity index (χ1) is 57.6. The molecule has 642 valence electrons. The maximum atomic E-state index is 14.5. The summed E-state index contributed by atoms with van der Waals surface area (Å²) in [6.45, 7) is 2.97. The largest absolute Gasteiger partial charge is 0.412 e. The number of methoxy groups -OCH3 is 4. The van der Waals surface area contributed by atoms with Crippen molar-refractivity contribution in [3.8, 4) is 0 Å². The summed E-state index contributed by atoms with van der Waals surface area (Å²) >= 11 is 30.9. The van der Waals surface area contributed by atoms with E-state index in [0.717, 1.165) is 29.2 Å². The quantitative estimate of drug-likeness (QED) is 0.0563. The molecule has 0 fully saturated rings. The van der Waals surface area contributed by atoms with Crippen molar-refractivity contribution in [3.05, 3.63) is 396 Å². The highest BCUT2D eigenvalue weighted by Crippen LogP contribution is 2.51. The lowest BCUT2D eigenvalue weighted by Crippen LogP contribution is -2.57. The Morgan fingerprint density at radius 3 is 1.05 bits per heavy atom. The Kier molecular flexibility index (Phi) is 34.0. The number of carbonyl (C=O) groups excluding carboxylic acids is 4. The number of rotatable bonds is 16. The van der Waals surface area contributed by atoms with Crippen LogP contribution in [0.15, 0.2) is 299 Å². The summed E-state index contributed by atoms with van der Waals surface area (Å²) in [6, 6.07) is 83.1. The van der Waals surface area contributed by atoms with E-state index < -0.39 is 64.4 Å². The second kappa shape index (κ2) is 42.8. The fraction of sp³-hybridized carbons (Fsp3) is 0.191. The number of nitrogens with zero attached hydrogens (tertiary/aromatic N) is 4. The molecule has 0 bridgehead atoms. The molecule has 0 saturated carbocycles. The van der Waals surface area contributed by atoms with Crippen molar-refractivity contribution in [2.24, 2.45) is 0 Å². The Morgan fingerprint density at radius 2 is 0.659 bits per heavy atom. The van der Waals surface area contributed by atoms with Crippen molar-refractivity contribution in [2.75, 3.05) is 54.6 Å². The topological polar surface area (TPSA) is 314 Å². The van der Waals surface area contributed by atoms with Gasteiger partial charge in [0.25, 0.3) is 23.6 Å². The number of benzene rings is 12. The third-order valence-corrected chi connectivity index (χ3v) is 24.4. The number of hydrogen-bond acceptors (Lipinski definition) is 13. The van der Waals surface area contributed by atoms with E-state index in [-0.39, 0.29) is 47.3 Å². The summed E-state index contributed by atoms with van der Waals surface area (Å²) in [4.78, 5) is 60.2. The summed E-state index contributed by atoms with van der Waals surface area (Å²) in [5.41, 5.74) is 3.06. The van der Waals surface area contributed by atoms with Crippen molar-refractivity contribution in [1.29, 1.82) is 0 Å². The van der Waals surface area contributed by atoms with Crippen LogP contribution in [-0.4, -0.2) is 125 Å². The highest BCUT2D eigenvalue weighted by molar-refractivity contribution is 14.1. The lowest BCUT2D eigenvalue weighted by Gasteiger charge is -2.44. The van der Waals surface area contributed by atoms with Gasteiger partial charge in [0.1, 0.15) is 11.6 Å². The SMILES string of the molecule is CCO.COC1C(=O)N(Cc2ccc(Br)cc2)c2ccc(Cl)cc2C1(O)c1ccccc1.COC1C(=O)N(Cc2ccc(Br)cc2F)c2ccc(Cl)cc2C1(O)c1ccccc1.COC1C(=O)N(Cc2ccc(Cl)cc2)c2ccccc2C1(O)c1ccc(Br)cc1.COC1C(=O)N(Cc2ccccc2I)c2ccccc2C1(O)c1ccc(F)cc1.O.O.O. The smallest absolute Gasteiger partial charge is 0.260 e. The van der Waals surface area contributed by atoms with Gasteiger partial charge in [-0.1, -0.05) is 252 Å². The molecule has 0 aliphatic carbocycles. The van der Waals surface area contributed by atoms with Gasteiger partial charge >= 0.3 is 0 Å². The van der Waals surface area contributed by atoms with E-state index >= 15 is 0 Å². The first-order valence-electron chi connectivity index (χ1n) is 37.6. The first kappa shape index (κ1) is 97.7. The maximum absolute atomic E-state index is 14.5. The summed E-state index contributed by atoms with van der Waals surface area (Å²) in [6.07, 6.45) is -4.58. The number of carbonyl (C=O) groups is 4. The van der Waals surface area contributed by atoms with Crippen LogP contribution in [-0.2, 0) is 86.7 Å². The molecular formula is C94H87Br3Cl3F2IN4O16. The second-order valence-corrected chi connectivity index (χ2v) is 33.4. The van der Waals surface area contributed by atoms with Gasteiger partial charge in [-0.05, 0) is 184 Å². The standard InChI is InChI=1S/C23H18BrClFNO3.2C23H19BrClNO3.C23H19FINO3.C2H6O.3H2O/c1-30-21-22(28)27(13-14-7-8-16(24)11-19(14)26)20-10-9-17(25)12-18(20)23(21,29)15-5-3-2-4-6-15;1-29-21-22(27)26(14-15-6-12-18(25)13-7-15)20-5-3-2-4-19(20)23(21,28)16-8-10-17(24)11-9-16;1-29-21-22(27)26(14-15-7-9-17(24)10-8-15)20-12-11-18(25)13-19(20)23(21,28)16-5-3-2-4-6-16;1-29-21-22(27)26(14-15-6-2-4-8-19(15)25)20-9-5-3-7-18(20)23(21,28)16-10-12-17(24)13-11-16;1-2-3;;;/h2-12,21,29H,13H2,1H3;3*2-13,21,28H,14H2,1H3;3H,2H2,1H3;3*1H2. The van der Waals surface area contributed by atoms with Gasteiger partial charge in [0.2, 0.25) is 0 Å². The fourth-order valence-electron chi connectivity index (χ4n) is 15.4. The number of ether oxygens (including phenoxy) is 4. The molecule has 16 rings (SSSR count). The number of aliphatic hydroxyl groups excluding tert-OH is 1. The molecule has 4 aliphatic heterocycles. The zero-order valence-electron chi connectivity index (χ0n) is 66.7. The second-order valence-electron chi connectivity index (χ2n) is 28.2. The van der Waals surface area contributed by atoms with Gasteiger partial charge in [-0.2, -0.15) is 0 Å². The molecule has 4 heterocycles. The normalized spacial score (nSPS) is 20.2. The lowest BCUT2D eigenvalue weighted by molar-refractivity contribution is -0.146. The third-order valence-electron chi connectivity index (χ3n) is 21.1. The summed E-state index contributed by atoms with van der Waals surface area (Å²) in [5.74, 6) is -2.28. The van der Waals surface area contributed by atoms with Gasteiger partial charge in [-0.15, -0.1) is 0 Å². The zero-order valence-corrected chi connectivity index (χ0v) is 75.9. The Balaban J connectivity index is 0.000000182. The molecule has 0 radical (unpaired) electrons. The van der Waals surface area contributed by atoms with E-state index in [2.05, 4.69) is 70.4 Å².